The number of nitrogens with zero attached hydrogens (tertiary/aromatic N) is 3. The second-order valence-corrected chi connectivity index (χ2v) is 6.88. The van der Waals surface area contributed by atoms with Crippen molar-refractivity contribution in [1.82, 2.24) is 20.5 Å². The topological polar surface area (TPSA) is 96.0 Å². The highest BCUT2D eigenvalue weighted by atomic mass is 16.5. The lowest BCUT2D eigenvalue weighted by Gasteiger charge is -2.35. The molecule has 2 aliphatic heterocycles. The molecule has 0 bridgehead atoms. The van der Waals surface area contributed by atoms with Crippen LogP contribution in [0.15, 0.2) is 12.1 Å². The number of hydrogen-bond acceptors (Lipinski definition) is 7. The number of aromatic nitrogens is 1. The summed E-state index contributed by atoms with van der Waals surface area (Å²) in [6, 6.07) is 2.86. The zero-order valence-corrected chi connectivity index (χ0v) is 16.9. The number of pyridine rings is 1. The molecule has 29 heavy (non-hydrogen) atoms. The van der Waals surface area contributed by atoms with E-state index in [1.807, 2.05) is 12.1 Å². The second kappa shape index (κ2) is 10.1. The summed E-state index contributed by atoms with van der Waals surface area (Å²) in [4.78, 5) is 32.6. The number of hydrogen-bond donors (Lipinski definition) is 2. The largest absolute Gasteiger partial charge is 0.494 e. The molecule has 1 aromatic rings. The van der Waals surface area contributed by atoms with E-state index < -0.39 is 6.04 Å². The van der Waals surface area contributed by atoms with Gasteiger partial charge in [0.1, 0.15) is 5.82 Å². The number of amides is 2. The van der Waals surface area contributed by atoms with Gasteiger partial charge in [0.2, 0.25) is 5.91 Å². The molecule has 0 aromatic carbocycles. The Labute approximate surface area is 170 Å². The lowest BCUT2D eigenvalue weighted by molar-refractivity contribution is -0.132. The average molecular weight is 401 g/mol. The zero-order chi connectivity index (χ0) is 20.6. The van der Waals surface area contributed by atoms with Gasteiger partial charge in [-0.2, -0.15) is 0 Å². The predicted octanol–water partition coefficient (Wildman–Crippen LogP) is -0.785. The predicted molar refractivity (Wildman–Crippen MR) is 108 cm³/mol. The van der Waals surface area contributed by atoms with Crippen LogP contribution in [0.2, 0.25) is 0 Å². The third kappa shape index (κ3) is 5.59. The summed E-state index contributed by atoms with van der Waals surface area (Å²) in [6.45, 7) is 5.47. The molecule has 0 saturated carbocycles. The van der Waals surface area contributed by atoms with Crippen molar-refractivity contribution in [2.24, 2.45) is 0 Å². The number of methoxy groups -OCH3 is 2. The maximum Gasteiger partial charge on any atom is 0.255 e. The third-order valence-corrected chi connectivity index (χ3v) is 4.91. The van der Waals surface area contributed by atoms with Gasteiger partial charge in [-0.25, -0.2) is 4.98 Å². The average Bonchev–Trinajstić information content (AvgIpc) is 2.75. The molecule has 1 aromatic heterocycles. The van der Waals surface area contributed by atoms with Crippen molar-refractivity contribution in [3.8, 4) is 17.6 Å². The van der Waals surface area contributed by atoms with E-state index in [2.05, 4.69) is 37.3 Å². The molecular weight excluding hydrogens is 374 g/mol. The summed E-state index contributed by atoms with van der Waals surface area (Å²) < 4.78 is 10.5. The van der Waals surface area contributed by atoms with Crippen LogP contribution >= 0.6 is 0 Å². The van der Waals surface area contributed by atoms with E-state index in [-0.39, 0.29) is 18.4 Å². The Kier molecular flexibility index (Phi) is 7.27. The van der Waals surface area contributed by atoms with E-state index in [1.54, 1.807) is 14.2 Å². The van der Waals surface area contributed by atoms with Gasteiger partial charge in [0, 0.05) is 46.4 Å². The number of carbonyl (C=O) groups is 2. The van der Waals surface area contributed by atoms with Crippen LogP contribution in [0.5, 0.6) is 5.75 Å². The summed E-state index contributed by atoms with van der Waals surface area (Å²) in [7, 11) is 3.28. The molecule has 9 nitrogen and oxygen atoms in total. The Hall–Kier alpha value is -2.83. The summed E-state index contributed by atoms with van der Waals surface area (Å²) in [5.74, 6) is 6.45. The first-order valence-electron chi connectivity index (χ1n) is 9.70. The standard InChI is InChI=1S/C20H27N5O4/c1-28-13-3-8-24-9-11-25(12-10-24)18-7-6-17(29-2)15(22-18)4-5-16-20(27)21-14-19(26)23-16/h6-7,16H,3,8-14H2,1-2H3,(H,21,27)(H,23,26). The second-order valence-electron chi connectivity index (χ2n) is 6.88. The fraction of sp³-hybridized carbons (Fsp3) is 0.550. The van der Waals surface area contributed by atoms with E-state index >= 15 is 0 Å². The molecule has 3 rings (SSSR count). The number of carbonyl (C=O) groups excluding carboxylic acids is 2. The SMILES string of the molecule is COCCCN1CCN(c2ccc(OC)c(C#CC3NC(=O)CNC3=O)n2)CC1. The van der Waals surface area contributed by atoms with E-state index in [0.717, 1.165) is 51.6 Å². The van der Waals surface area contributed by atoms with Gasteiger partial charge in [-0.15, -0.1) is 0 Å². The van der Waals surface area contributed by atoms with Crippen molar-refractivity contribution in [1.29, 1.82) is 0 Å². The molecule has 0 aliphatic carbocycles. The smallest absolute Gasteiger partial charge is 0.255 e. The molecule has 0 spiro atoms. The van der Waals surface area contributed by atoms with E-state index in [1.165, 1.54) is 0 Å². The highest BCUT2D eigenvalue weighted by Crippen LogP contribution is 2.21. The molecule has 2 fully saturated rings. The van der Waals surface area contributed by atoms with Gasteiger partial charge in [-0.1, -0.05) is 5.92 Å². The number of ether oxygens (including phenoxy) is 2. The highest BCUT2D eigenvalue weighted by Gasteiger charge is 2.24. The minimum absolute atomic E-state index is 0.0223. The quantitative estimate of drug-likeness (QED) is 0.477. The molecule has 2 amide bonds. The number of piperazine rings is 2. The van der Waals surface area contributed by atoms with Crippen LogP contribution in [0.3, 0.4) is 0 Å². The molecule has 2 N–H and O–H groups in total. The van der Waals surface area contributed by atoms with Crippen LogP contribution in [0.4, 0.5) is 5.82 Å². The Morgan fingerprint density at radius 3 is 2.72 bits per heavy atom. The maximum atomic E-state index is 11.9. The molecule has 0 radical (unpaired) electrons. The Balaban J connectivity index is 1.68. The van der Waals surface area contributed by atoms with E-state index in [4.69, 9.17) is 9.47 Å². The normalized spacial score (nSPS) is 19.8. The summed E-state index contributed by atoms with van der Waals surface area (Å²) in [5, 5.41) is 5.07. The lowest BCUT2D eigenvalue weighted by atomic mass is 10.2. The Bertz CT molecular complexity index is 796. The number of rotatable bonds is 6. The minimum atomic E-state index is -0.887. The van der Waals surface area contributed by atoms with Crippen molar-refractivity contribution in [2.75, 3.05) is 65.0 Å². The van der Waals surface area contributed by atoms with Crippen molar-refractivity contribution in [2.45, 2.75) is 12.5 Å². The molecule has 2 aliphatic rings. The van der Waals surface area contributed by atoms with Gasteiger partial charge in [-0.3, -0.25) is 14.5 Å². The van der Waals surface area contributed by atoms with Gasteiger partial charge in [0.05, 0.1) is 13.7 Å². The molecule has 156 valence electrons. The van der Waals surface area contributed by atoms with E-state index in [0.29, 0.717) is 11.4 Å². The van der Waals surface area contributed by atoms with Gasteiger partial charge in [0.25, 0.3) is 5.91 Å². The van der Waals surface area contributed by atoms with Crippen LogP contribution in [-0.2, 0) is 14.3 Å². The fourth-order valence-electron chi connectivity index (χ4n) is 3.29. The monoisotopic (exact) mass is 401 g/mol. The molecule has 9 heteroatoms. The first kappa shape index (κ1) is 20.9. The highest BCUT2D eigenvalue weighted by molar-refractivity contribution is 5.96. The number of nitrogens with one attached hydrogen (secondary N) is 2. The Morgan fingerprint density at radius 2 is 2.00 bits per heavy atom. The van der Waals surface area contributed by atoms with Crippen molar-refractivity contribution in [3.05, 3.63) is 17.8 Å². The molecule has 1 atom stereocenters. The number of anilines is 1. The minimum Gasteiger partial charge on any atom is -0.494 e. The molecule has 2 saturated heterocycles. The third-order valence-electron chi connectivity index (χ3n) is 4.91. The van der Waals surface area contributed by atoms with Crippen LogP contribution in [-0.4, -0.2) is 87.8 Å². The molecular formula is C20H27N5O4. The first-order chi connectivity index (χ1) is 14.1. The van der Waals surface area contributed by atoms with Crippen LogP contribution < -0.4 is 20.3 Å². The van der Waals surface area contributed by atoms with Crippen LogP contribution in [0, 0.1) is 11.8 Å². The zero-order valence-electron chi connectivity index (χ0n) is 16.9. The van der Waals surface area contributed by atoms with Crippen molar-refractivity contribution in [3.63, 3.8) is 0 Å². The van der Waals surface area contributed by atoms with Crippen molar-refractivity contribution >= 4 is 17.6 Å². The fourth-order valence-corrected chi connectivity index (χ4v) is 3.29. The summed E-state index contributed by atoms with van der Waals surface area (Å²) >= 11 is 0. The van der Waals surface area contributed by atoms with Crippen molar-refractivity contribution < 1.29 is 19.1 Å². The first-order valence-corrected chi connectivity index (χ1v) is 9.70. The Morgan fingerprint density at radius 1 is 1.21 bits per heavy atom. The molecule has 3 heterocycles. The van der Waals surface area contributed by atoms with Gasteiger partial charge >= 0.3 is 0 Å². The van der Waals surface area contributed by atoms with Crippen LogP contribution in [0.1, 0.15) is 12.1 Å². The van der Waals surface area contributed by atoms with Gasteiger partial charge in [-0.05, 0) is 24.5 Å². The molecule has 1 unspecified atom stereocenters. The lowest BCUT2D eigenvalue weighted by Crippen LogP contribution is -2.55. The van der Waals surface area contributed by atoms with Gasteiger partial charge < -0.3 is 25.0 Å². The van der Waals surface area contributed by atoms with E-state index in [9.17, 15) is 9.59 Å². The van der Waals surface area contributed by atoms with Crippen LogP contribution in [0.25, 0.3) is 0 Å². The summed E-state index contributed by atoms with van der Waals surface area (Å²) in [6.07, 6.45) is 1.03. The van der Waals surface area contributed by atoms with Gasteiger partial charge in [0.15, 0.2) is 17.5 Å². The maximum absolute atomic E-state index is 11.9. The summed E-state index contributed by atoms with van der Waals surface area (Å²) in [5.41, 5.74) is 0.445.